The number of aromatic nitrogens is 1. The van der Waals surface area contributed by atoms with Gasteiger partial charge >= 0.3 is 6.03 Å². The molecule has 0 aliphatic heterocycles. The summed E-state index contributed by atoms with van der Waals surface area (Å²) < 4.78 is 7.23. The van der Waals surface area contributed by atoms with E-state index in [4.69, 9.17) is 9.84 Å². The molecule has 0 saturated heterocycles. The van der Waals surface area contributed by atoms with E-state index >= 15 is 0 Å². The van der Waals surface area contributed by atoms with E-state index in [0.717, 1.165) is 23.1 Å². The number of anilines is 1. The summed E-state index contributed by atoms with van der Waals surface area (Å²) in [7, 11) is 1.68. The Morgan fingerprint density at radius 3 is 2.83 bits per heavy atom. The maximum atomic E-state index is 12.1. The van der Waals surface area contributed by atoms with Gasteiger partial charge in [-0.15, -0.1) is 0 Å². The number of rotatable bonds is 8. The van der Waals surface area contributed by atoms with Gasteiger partial charge in [0.05, 0.1) is 12.1 Å². The summed E-state index contributed by atoms with van der Waals surface area (Å²) in [6, 6.07) is 7.65. The minimum atomic E-state index is -0.240. The first-order valence-electron chi connectivity index (χ1n) is 8.19. The normalized spacial score (nSPS) is 11.7. The Labute approximate surface area is 142 Å². The molecular weight excluding hydrogens is 306 g/mol. The largest absolute Gasteiger partial charge is 0.396 e. The lowest BCUT2D eigenvalue weighted by Crippen LogP contribution is -2.37. The van der Waals surface area contributed by atoms with Crippen LogP contribution >= 0.6 is 0 Å². The minimum absolute atomic E-state index is 0.116. The van der Waals surface area contributed by atoms with Crippen molar-refractivity contribution in [3.05, 3.63) is 30.5 Å². The number of aliphatic hydroxyl groups is 1. The van der Waals surface area contributed by atoms with Crippen LogP contribution in [0.4, 0.5) is 10.5 Å². The summed E-state index contributed by atoms with van der Waals surface area (Å²) in [4.78, 5) is 12.1. The highest BCUT2D eigenvalue weighted by Gasteiger charge is 2.18. The molecule has 0 aliphatic carbocycles. The molecule has 132 valence electrons. The summed E-state index contributed by atoms with van der Waals surface area (Å²) in [5.74, 6) is 0. The van der Waals surface area contributed by atoms with Crippen molar-refractivity contribution in [3.63, 3.8) is 0 Å². The monoisotopic (exact) mass is 333 g/mol. The molecule has 0 radical (unpaired) electrons. The van der Waals surface area contributed by atoms with Crippen LogP contribution in [0.1, 0.15) is 20.3 Å². The molecule has 6 nitrogen and oxygen atoms in total. The average Bonchev–Trinajstić information content (AvgIpc) is 2.93. The Kier molecular flexibility index (Phi) is 6.23. The van der Waals surface area contributed by atoms with Gasteiger partial charge in [0.25, 0.3) is 0 Å². The predicted molar refractivity (Wildman–Crippen MR) is 96.3 cm³/mol. The minimum Gasteiger partial charge on any atom is -0.396 e. The van der Waals surface area contributed by atoms with Crippen molar-refractivity contribution >= 4 is 22.6 Å². The topological polar surface area (TPSA) is 75.5 Å². The Hall–Kier alpha value is -2.05. The number of hydrogen-bond acceptors (Lipinski definition) is 3. The number of hydrogen-bond donors (Lipinski definition) is 3. The maximum Gasteiger partial charge on any atom is 0.319 e. The van der Waals surface area contributed by atoms with Crippen LogP contribution in [0.25, 0.3) is 10.9 Å². The van der Waals surface area contributed by atoms with E-state index < -0.39 is 0 Å². The van der Waals surface area contributed by atoms with Gasteiger partial charge in [-0.25, -0.2) is 4.79 Å². The fraction of sp³-hybridized carbons (Fsp3) is 0.500. The number of nitrogens with zero attached hydrogens (tertiary/aromatic N) is 1. The molecule has 0 spiro atoms. The molecule has 0 fully saturated rings. The lowest BCUT2D eigenvalue weighted by molar-refractivity contribution is 0.188. The molecule has 2 aromatic rings. The lowest BCUT2D eigenvalue weighted by atomic mass is 9.90. The molecule has 3 N–H and O–H groups in total. The summed E-state index contributed by atoms with van der Waals surface area (Å²) in [6.07, 6.45) is 2.66. The lowest BCUT2D eigenvalue weighted by Gasteiger charge is -2.23. The van der Waals surface area contributed by atoms with Gasteiger partial charge in [0, 0.05) is 38.7 Å². The summed E-state index contributed by atoms with van der Waals surface area (Å²) >= 11 is 0. The summed E-state index contributed by atoms with van der Waals surface area (Å²) in [6.45, 7) is 6.06. The maximum absolute atomic E-state index is 12.1. The first-order chi connectivity index (χ1) is 11.4. The second-order valence-corrected chi connectivity index (χ2v) is 6.72. The Balaban J connectivity index is 2.00. The van der Waals surface area contributed by atoms with Crippen LogP contribution < -0.4 is 10.6 Å². The van der Waals surface area contributed by atoms with Crippen LogP contribution in [0, 0.1) is 5.41 Å². The highest BCUT2D eigenvalue weighted by Crippen LogP contribution is 2.21. The molecule has 1 aromatic carbocycles. The molecule has 0 aliphatic rings. The van der Waals surface area contributed by atoms with Gasteiger partial charge in [-0.05, 0) is 35.4 Å². The zero-order chi connectivity index (χ0) is 17.6. The molecule has 1 aromatic heterocycles. The highest BCUT2D eigenvalue weighted by molar-refractivity contribution is 5.92. The number of amides is 2. The quantitative estimate of drug-likeness (QED) is 0.695. The molecule has 0 unspecified atom stereocenters. The second kappa shape index (κ2) is 8.17. The van der Waals surface area contributed by atoms with Crippen LogP contribution in [-0.4, -0.2) is 42.6 Å². The van der Waals surface area contributed by atoms with E-state index in [1.807, 2.05) is 44.3 Å². The zero-order valence-corrected chi connectivity index (χ0v) is 14.6. The molecule has 0 atom stereocenters. The van der Waals surface area contributed by atoms with E-state index in [9.17, 15) is 4.79 Å². The van der Waals surface area contributed by atoms with Crippen LogP contribution in [0.5, 0.6) is 0 Å². The van der Waals surface area contributed by atoms with Crippen molar-refractivity contribution in [2.75, 3.05) is 32.2 Å². The van der Waals surface area contributed by atoms with Gasteiger partial charge in [0.15, 0.2) is 0 Å². The number of urea groups is 1. The third-order valence-electron chi connectivity index (χ3n) is 4.08. The molecule has 2 amide bonds. The Morgan fingerprint density at radius 1 is 1.33 bits per heavy atom. The molecule has 6 heteroatoms. The Bertz CT molecular complexity index is 679. The van der Waals surface area contributed by atoms with E-state index in [2.05, 4.69) is 15.2 Å². The van der Waals surface area contributed by atoms with Gasteiger partial charge in [0.1, 0.15) is 0 Å². The standard InChI is InChI=1S/C18H27N3O3/c1-18(2,7-10-22)13-19-17(23)20-15-5-4-14-6-8-21(9-11-24-3)16(14)12-15/h4-6,8,12,22H,7,9-11,13H2,1-3H3,(H2,19,20,23). The molecular formula is C18H27N3O3. The van der Waals surface area contributed by atoms with Gasteiger partial charge < -0.3 is 25.0 Å². The van der Waals surface area contributed by atoms with Gasteiger partial charge in [0.2, 0.25) is 0 Å². The van der Waals surface area contributed by atoms with Crippen molar-refractivity contribution in [2.24, 2.45) is 5.41 Å². The number of nitrogens with one attached hydrogen (secondary N) is 2. The van der Waals surface area contributed by atoms with Crippen molar-refractivity contribution in [1.82, 2.24) is 9.88 Å². The number of methoxy groups -OCH3 is 1. The molecule has 2 rings (SSSR count). The van der Waals surface area contributed by atoms with Gasteiger partial charge in [-0.3, -0.25) is 0 Å². The van der Waals surface area contributed by atoms with Crippen LogP contribution in [0.2, 0.25) is 0 Å². The number of fused-ring (bicyclic) bond motifs is 1. The average molecular weight is 333 g/mol. The van der Waals surface area contributed by atoms with E-state index in [-0.39, 0.29) is 18.1 Å². The first kappa shape index (κ1) is 18.3. The number of carbonyl (C=O) groups is 1. The fourth-order valence-electron chi connectivity index (χ4n) is 2.53. The smallest absolute Gasteiger partial charge is 0.319 e. The van der Waals surface area contributed by atoms with Crippen molar-refractivity contribution < 1.29 is 14.6 Å². The molecule has 0 bridgehead atoms. The van der Waals surface area contributed by atoms with Crippen molar-refractivity contribution in [1.29, 1.82) is 0 Å². The summed E-state index contributed by atoms with van der Waals surface area (Å²) in [5.41, 5.74) is 1.67. The third-order valence-corrected chi connectivity index (χ3v) is 4.08. The number of aliphatic hydroxyl groups excluding tert-OH is 1. The number of ether oxygens (including phenoxy) is 1. The van der Waals surface area contributed by atoms with E-state index in [0.29, 0.717) is 19.6 Å². The molecule has 24 heavy (non-hydrogen) atoms. The van der Waals surface area contributed by atoms with Crippen LogP contribution in [-0.2, 0) is 11.3 Å². The SMILES string of the molecule is COCCn1ccc2ccc(NC(=O)NCC(C)(C)CCO)cc21. The molecule has 1 heterocycles. The van der Waals surface area contributed by atoms with Crippen molar-refractivity contribution in [3.8, 4) is 0 Å². The Morgan fingerprint density at radius 2 is 2.12 bits per heavy atom. The van der Waals surface area contributed by atoms with Crippen LogP contribution in [0.15, 0.2) is 30.5 Å². The highest BCUT2D eigenvalue weighted by atomic mass is 16.5. The van der Waals surface area contributed by atoms with Crippen LogP contribution in [0.3, 0.4) is 0 Å². The molecule has 0 saturated carbocycles. The first-order valence-corrected chi connectivity index (χ1v) is 8.19. The van der Waals surface area contributed by atoms with E-state index in [1.54, 1.807) is 7.11 Å². The fourth-order valence-corrected chi connectivity index (χ4v) is 2.53. The zero-order valence-electron chi connectivity index (χ0n) is 14.6. The van der Waals surface area contributed by atoms with Gasteiger partial charge in [-0.2, -0.15) is 0 Å². The predicted octanol–water partition coefficient (Wildman–Crippen LogP) is 2.82. The number of benzene rings is 1. The number of carbonyl (C=O) groups excluding carboxylic acids is 1. The third kappa shape index (κ3) is 4.97. The van der Waals surface area contributed by atoms with E-state index in [1.165, 1.54) is 0 Å². The van der Waals surface area contributed by atoms with Crippen molar-refractivity contribution in [2.45, 2.75) is 26.8 Å². The second-order valence-electron chi connectivity index (χ2n) is 6.72. The van der Waals surface area contributed by atoms with Gasteiger partial charge in [-0.1, -0.05) is 19.9 Å². The summed E-state index contributed by atoms with van der Waals surface area (Å²) in [5, 5.41) is 15.9.